The summed E-state index contributed by atoms with van der Waals surface area (Å²) < 4.78 is 20.4. The van der Waals surface area contributed by atoms with E-state index in [0.29, 0.717) is 0 Å². The van der Waals surface area contributed by atoms with Crippen LogP contribution in [0.25, 0.3) is 0 Å². The Balaban J connectivity index is 2.27. The summed E-state index contributed by atoms with van der Waals surface area (Å²) in [6.45, 7) is 6.14. The van der Waals surface area contributed by atoms with Crippen LogP contribution in [-0.4, -0.2) is 23.1 Å². The van der Waals surface area contributed by atoms with E-state index in [-0.39, 0.29) is 0 Å². The number of rotatable bonds is 0. The second-order valence-corrected chi connectivity index (χ2v) is 6.03. The molecule has 2 heterocycles. The normalized spacial score (nSPS) is 30.4. The highest BCUT2D eigenvalue weighted by atomic mass is 31.2. The van der Waals surface area contributed by atoms with Gasteiger partial charge < -0.3 is 0 Å². The molecule has 0 aliphatic carbocycles. The van der Waals surface area contributed by atoms with Crippen LogP contribution in [0.3, 0.4) is 0 Å². The Bertz CT molecular complexity index is 313. The third kappa shape index (κ3) is 1.53. The van der Waals surface area contributed by atoms with Crippen LogP contribution < -0.4 is 0 Å². The van der Waals surface area contributed by atoms with Gasteiger partial charge in [-0.15, -0.1) is 9.05 Å². The molecule has 0 bridgehead atoms. The number of hydrogen-bond donors (Lipinski definition) is 0. The summed E-state index contributed by atoms with van der Waals surface area (Å²) in [4.78, 5) is 22.8. The van der Waals surface area contributed by atoms with E-state index >= 15 is 0 Å². The predicted octanol–water partition coefficient (Wildman–Crippen LogP) is 1.37. The van der Waals surface area contributed by atoms with Crippen molar-refractivity contribution in [2.24, 2.45) is 0 Å². The van der Waals surface area contributed by atoms with Gasteiger partial charge in [-0.2, -0.15) is 0 Å². The highest BCUT2D eigenvalue weighted by Gasteiger charge is 2.77. The van der Waals surface area contributed by atoms with Crippen LogP contribution >= 0.6 is 8.17 Å². The molecule has 0 aromatic rings. The van der Waals surface area contributed by atoms with Crippen LogP contribution in [0.4, 0.5) is 0 Å². The predicted molar refractivity (Wildman–Crippen MR) is 49.4 cm³/mol. The van der Waals surface area contributed by atoms with Gasteiger partial charge in [0, 0.05) is 0 Å². The van der Waals surface area contributed by atoms with Crippen molar-refractivity contribution < 1.29 is 27.7 Å². The molecule has 2 fully saturated rings. The molecule has 0 N–H and O–H groups in total. The Morgan fingerprint density at radius 3 is 1.40 bits per heavy atom. The number of carbonyl (C=O) groups excluding carboxylic acids is 2. The van der Waals surface area contributed by atoms with Gasteiger partial charge in [-0.1, -0.05) is 0 Å². The van der Waals surface area contributed by atoms with Gasteiger partial charge in [-0.05, 0) is 27.7 Å². The maximum Gasteiger partial charge on any atom is 0.677 e. The van der Waals surface area contributed by atoms with E-state index in [9.17, 15) is 9.59 Å². The Morgan fingerprint density at radius 1 is 0.867 bits per heavy atom. The summed E-state index contributed by atoms with van der Waals surface area (Å²) >= 11 is 0. The molecule has 0 amide bonds. The summed E-state index contributed by atoms with van der Waals surface area (Å²) in [6, 6.07) is 0. The van der Waals surface area contributed by atoms with Crippen molar-refractivity contribution in [1.29, 1.82) is 0 Å². The third-order valence-electron chi connectivity index (χ3n) is 2.05. The fourth-order valence-corrected chi connectivity index (χ4v) is 3.50. The molecule has 0 radical (unpaired) electrons. The van der Waals surface area contributed by atoms with E-state index in [1.165, 1.54) is 27.7 Å². The molecule has 0 saturated carbocycles. The molecule has 1 spiro atoms. The fourth-order valence-electron chi connectivity index (χ4n) is 1.17. The van der Waals surface area contributed by atoms with Gasteiger partial charge in [0.1, 0.15) is 0 Å². The lowest BCUT2D eigenvalue weighted by molar-refractivity contribution is -0.141. The van der Waals surface area contributed by atoms with Gasteiger partial charge in [-0.25, -0.2) is 18.6 Å². The minimum absolute atomic E-state index is 0.582. The van der Waals surface area contributed by atoms with Gasteiger partial charge in [0.2, 0.25) is 11.2 Å². The standard InChI is InChI=1S/C8H12O6P/c1-7(2)5(9)11-15(13-7)12-6(10)8(3,4)14-15/h1-4H3/q+1. The van der Waals surface area contributed by atoms with E-state index in [2.05, 4.69) is 0 Å². The largest absolute Gasteiger partial charge is 0.677 e. The molecule has 2 aliphatic heterocycles. The first-order valence-electron chi connectivity index (χ1n) is 4.46. The summed E-state index contributed by atoms with van der Waals surface area (Å²) in [5.74, 6) is -1.16. The van der Waals surface area contributed by atoms with Crippen molar-refractivity contribution in [3.05, 3.63) is 0 Å². The lowest BCUT2D eigenvalue weighted by atomic mass is 10.1. The molecule has 2 rings (SSSR count). The quantitative estimate of drug-likeness (QED) is 0.590. The van der Waals surface area contributed by atoms with Gasteiger partial charge in [0.25, 0.3) is 0 Å². The van der Waals surface area contributed by atoms with E-state index in [1.807, 2.05) is 0 Å². The van der Waals surface area contributed by atoms with Crippen molar-refractivity contribution in [3.8, 4) is 0 Å². The Kier molecular flexibility index (Phi) is 1.94. The summed E-state index contributed by atoms with van der Waals surface area (Å²) in [6.07, 6.45) is 0. The molecular weight excluding hydrogens is 223 g/mol. The van der Waals surface area contributed by atoms with E-state index in [4.69, 9.17) is 18.1 Å². The zero-order chi connectivity index (χ0) is 11.5. The first kappa shape index (κ1) is 10.8. The Morgan fingerprint density at radius 2 is 1.20 bits per heavy atom. The topological polar surface area (TPSA) is 71.1 Å². The second-order valence-electron chi connectivity index (χ2n) is 4.41. The lowest BCUT2D eigenvalue weighted by Gasteiger charge is -2.08. The third-order valence-corrected chi connectivity index (χ3v) is 4.19. The van der Waals surface area contributed by atoms with Crippen molar-refractivity contribution >= 4 is 20.1 Å². The van der Waals surface area contributed by atoms with Gasteiger partial charge >= 0.3 is 20.1 Å². The van der Waals surface area contributed by atoms with Crippen molar-refractivity contribution in [1.82, 2.24) is 0 Å². The smallest absolute Gasteiger partial charge is 0.243 e. The second kappa shape index (κ2) is 2.70. The van der Waals surface area contributed by atoms with Gasteiger partial charge in [-0.3, -0.25) is 0 Å². The molecule has 2 saturated heterocycles. The molecule has 0 atom stereocenters. The monoisotopic (exact) mass is 235 g/mol. The van der Waals surface area contributed by atoms with Crippen LogP contribution in [0.15, 0.2) is 0 Å². The molecule has 84 valence electrons. The molecule has 15 heavy (non-hydrogen) atoms. The van der Waals surface area contributed by atoms with Crippen molar-refractivity contribution in [3.63, 3.8) is 0 Å². The molecular formula is C8H12O6P+. The Labute approximate surface area is 87.5 Å². The number of carbonyl (C=O) groups is 2. The minimum Gasteiger partial charge on any atom is -0.243 e. The summed E-state index contributed by atoms with van der Waals surface area (Å²) in [5.41, 5.74) is -2.26. The molecule has 0 aromatic heterocycles. The zero-order valence-corrected chi connectivity index (χ0v) is 9.79. The van der Waals surface area contributed by atoms with Crippen LogP contribution in [0.2, 0.25) is 0 Å². The molecule has 0 unspecified atom stereocenters. The highest BCUT2D eigenvalue weighted by Crippen LogP contribution is 2.75. The van der Waals surface area contributed by atoms with Crippen molar-refractivity contribution in [2.45, 2.75) is 38.9 Å². The van der Waals surface area contributed by atoms with Crippen LogP contribution in [0.5, 0.6) is 0 Å². The zero-order valence-electron chi connectivity index (χ0n) is 8.90. The lowest BCUT2D eigenvalue weighted by Crippen LogP contribution is -2.27. The summed E-state index contributed by atoms with van der Waals surface area (Å²) in [5, 5.41) is 0. The van der Waals surface area contributed by atoms with E-state index in [0.717, 1.165) is 0 Å². The Hall–Kier alpha value is -0.710. The molecule has 7 heteroatoms. The molecule has 2 aliphatic rings. The van der Waals surface area contributed by atoms with E-state index in [1.54, 1.807) is 0 Å². The maximum absolute atomic E-state index is 11.4. The first-order valence-corrected chi connectivity index (χ1v) is 5.92. The minimum atomic E-state index is -3.25. The van der Waals surface area contributed by atoms with Crippen LogP contribution in [-0.2, 0) is 27.7 Å². The SMILES string of the molecule is CC1(C)O[P+]2(OC1=O)OC(=O)C(C)(C)O2. The molecule has 0 aromatic carbocycles. The van der Waals surface area contributed by atoms with Crippen LogP contribution in [0.1, 0.15) is 27.7 Å². The average Bonchev–Trinajstić information content (AvgIpc) is 2.31. The van der Waals surface area contributed by atoms with Crippen LogP contribution in [0, 0.1) is 0 Å². The van der Waals surface area contributed by atoms with E-state index < -0.39 is 31.3 Å². The van der Waals surface area contributed by atoms with Crippen molar-refractivity contribution in [2.75, 3.05) is 0 Å². The maximum atomic E-state index is 11.4. The average molecular weight is 235 g/mol. The highest BCUT2D eigenvalue weighted by molar-refractivity contribution is 7.58. The van der Waals surface area contributed by atoms with Gasteiger partial charge in [0.05, 0.1) is 0 Å². The summed E-state index contributed by atoms with van der Waals surface area (Å²) in [7, 11) is -3.25. The first-order chi connectivity index (χ1) is 6.67. The molecule has 6 nitrogen and oxygen atoms in total. The van der Waals surface area contributed by atoms with Gasteiger partial charge in [0.15, 0.2) is 0 Å². The fraction of sp³-hybridized carbons (Fsp3) is 0.750. The number of hydrogen-bond acceptors (Lipinski definition) is 6.